The molecule has 3 aromatic rings. The van der Waals surface area contributed by atoms with Crippen molar-refractivity contribution in [1.29, 1.82) is 0 Å². The smallest absolute Gasteiger partial charge is 0.289 e. The summed E-state index contributed by atoms with van der Waals surface area (Å²) in [4.78, 5) is 18.5. The lowest BCUT2D eigenvalue weighted by Gasteiger charge is -2.16. The highest BCUT2D eigenvalue weighted by molar-refractivity contribution is 6.30. The molecule has 0 spiro atoms. The molecular weight excluding hydrogens is 336 g/mol. The Labute approximate surface area is 151 Å². The van der Waals surface area contributed by atoms with Gasteiger partial charge in [-0.05, 0) is 42.3 Å². The molecule has 4 nitrogen and oxygen atoms in total. The van der Waals surface area contributed by atoms with Crippen LogP contribution < -0.4 is 0 Å². The van der Waals surface area contributed by atoms with Crippen LogP contribution in [0.4, 0.5) is 0 Å². The molecule has 0 N–H and O–H groups in total. The van der Waals surface area contributed by atoms with E-state index in [1.54, 1.807) is 17.3 Å². The minimum atomic E-state index is -0.0771. The summed E-state index contributed by atoms with van der Waals surface area (Å²) in [5.74, 6) is 1.13. The molecule has 1 unspecified atom stereocenters. The summed E-state index contributed by atoms with van der Waals surface area (Å²) in [5, 5.41) is 0.704. The second kappa shape index (κ2) is 6.37. The van der Waals surface area contributed by atoms with E-state index in [1.165, 1.54) is 0 Å². The standard InChI is InChI=1S/C20H17ClN2O2/c1-23-11-8-16(13-2-4-15(21)5-3-13)17-12-18(25-19(17)20(23)24)14-6-9-22-10-7-14/h2-7,9-10,12,16H,8,11H2,1H3. The van der Waals surface area contributed by atoms with Crippen LogP contribution in [0.1, 0.15) is 34.0 Å². The zero-order valence-corrected chi connectivity index (χ0v) is 14.5. The van der Waals surface area contributed by atoms with Gasteiger partial charge in [0, 0.05) is 48.1 Å². The predicted molar refractivity (Wildman–Crippen MR) is 96.8 cm³/mol. The Hall–Kier alpha value is -2.59. The summed E-state index contributed by atoms with van der Waals surface area (Å²) in [6.07, 6.45) is 4.27. The maximum absolute atomic E-state index is 12.7. The number of carbonyl (C=O) groups is 1. The van der Waals surface area contributed by atoms with Gasteiger partial charge in [0.05, 0.1) is 0 Å². The molecule has 1 aromatic carbocycles. The normalized spacial score (nSPS) is 17.3. The number of rotatable bonds is 2. The lowest BCUT2D eigenvalue weighted by molar-refractivity contribution is 0.0770. The molecule has 0 saturated carbocycles. The average Bonchev–Trinajstić information content (AvgIpc) is 3.04. The Bertz CT molecular complexity index is 903. The largest absolute Gasteiger partial charge is 0.451 e. The molecule has 3 heterocycles. The van der Waals surface area contributed by atoms with Gasteiger partial charge in [0.1, 0.15) is 5.76 Å². The van der Waals surface area contributed by atoms with Crippen molar-refractivity contribution in [1.82, 2.24) is 9.88 Å². The minimum Gasteiger partial charge on any atom is -0.451 e. The lowest BCUT2D eigenvalue weighted by Crippen LogP contribution is -2.26. The number of carbonyl (C=O) groups excluding carboxylic acids is 1. The third kappa shape index (κ3) is 2.94. The number of fused-ring (bicyclic) bond motifs is 1. The highest BCUT2D eigenvalue weighted by Crippen LogP contribution is 2.38. The molecule has 1 amide bonds. The second-order valence-electron chi connectivity index (χ2n) is 6.25. The van der Waals surface area contributed by atoms with Gasteiger partial charge in [-0.2, -0.15) is 0 Å². The highest BCUT2D eigenvalue weighted by atomic mass is 35.5. The van der Waals surface area contributed by atoms with Gasteiger partial charge in [-0.25, -0.2) is 0 Å². The van der Waals surface area contributed by atoms with Crippen LogP contribution in [0, 0.1) is 0 Å². The molecule has 2 aromatic heterocycles. The van der Waals surface area contributed by atoms with E-state index in [2.05, 4.69) is 4.98 Å². The number of nitrogens with zero attached hydrogens (tertiary/aromatic N) is 2. The van der Waals surface area contributed by atoms with Crippen LogP contribution >= 0.6 is 11.6 Å². The van der Waals surface area contributed by atoms with Crippen LogP contribution in [0.5, 0.6) is 0 Å². The number of halogens is 1. The third-order valence-corrected chi connectivity index (χ3v) is 4.92. The maximum Gasteiger partial charge on any atom is 0.289 e. The van der Waals surface area contributed by atoms with E-state index in [0.29, 0.717) is 23.1 Å². The van der Waals surface area contributed by atoms with E-state index in [4.69, 9.17) is 16.0 Å². The van der Waals surface area contributed by atoms with Crippen LogP contribution in [0.3, 0.4) is 0 Å². The number of benzene rings is 1. The molecule has 1 aliphatic heterocycles. The first-order valence-corrected chi connectivity index (χ1v) is 8.56. The fraction of sp³-hybridized carbons (Fsp3) is 0.200. The van der Waals surface area contributed by atoms with E-state index >= 15 is 0 Å². The van der Waals surface area contributed by atoms with E-state index in [1.807, 2.05) is 49.5 Å². The first-order valence-electron chi connectivity index (χ1n) is 8.18. The van der Waals surface area contributed by atoms with E-state index in [0.717, 1.165) is 23.1 Å². The highest BCUT2D eigenvalue weighted by Gasteiger charge is 2.31. The summed E-state index contributed by atoms with van der Waals surface area (Å²) in [7, 11) is 1.81. The number of pyridine rings is 1. The van der Waals surface area contributed by atoms with Crippen LogP contribution in [-0.4, -0.2) is 29.4 Å². The molecule has 1 aliphatic rings. The van der Waals surface area contributed by atoms with Crippen molar-refractivity contribution in [2.24, 2.45) is 0 Å². The van der Waals surface area contributed by atoms with Crippen molar-refractivity contribution in [2.75, 3.05) is 13.6 Å². The molecule has 4 rings (SSSR count). The van der Waals surface area contributed by atoms with Crippen LogP contribution in [-0.2, 0) is 0 Å². The number of hydrogen-bond acceptors (Lipinski definition) is 3. The first kappa shape index (κ1) is 15.9. The Balaban J connectivity index is 1.84. The van der Waals surface area contributed by atoms with Crippen LogP contribution in [0.25, 0.3) is 11.3 Å². The zero-order chi connectivity index (χ0) is 17.4. The summed E-state index contributed by atoms with van der Waals surface area (Å²) >= 11 is 6.03. The molecular formula is C20H17ClN2O2. The van der Waals surface area contributed by atoms with Gasteiger partial charge in [-0.15, -0.1) is 0 Å². The topological polar surface area (TPSA) is 46.3 Å². The fourth-order valence-corrected chi connectivity index (χ4v) is 3.41. The van der Waals surface area contributed by atoms with Gasteiger partial charge in [0.2, 0.25) is 0 Å². The number of amides is 1. The van der Waals surface area contributed by atoms with Crippen molar-refractivity contribution >= 4 is 17.5 Å². The van der Waals surface area contributed by atoms with Gasteiger partial charge >= 0.3 is 0 Å². The average molecular weight is 353 g/mol. The van der Waals surface area contributed by atoms with Crippen molar-refractivity contribution < 1.29 is 9.21 Å². The predicted octanol–water partition coefficient (Wildman–Crippen LogP) is 4.60. The Morgan fingerprint density at radius 1 is 1.16 bits per heavy atom. The molecule has 0 aliphatic carbocycles. The molecule has 5 heteroatoms. The SMILES string of the molecule is CN1CCC(c2ccc(Cl)cc2)c2cc(-c3ccncc3)oc2C1=O. The zero-order valence-electron chi connectivity index (χ0n) is 13.8. The van der Waals surface area contributed by atoms with Crippen molar-refractivity contribution in [2.45, 2.75) is 12.3 Å². The molecule has 0 radical (unpaired) electrons. The number of aromatic nitrogens is 1. The molecule has 0 bridgehead atoms. The molecule has 25 heavy (non-hydrogen) atoms. The quantitative estimate of drug-likeness (QED) is 0.677. The third-order valence-electron chi connectivity index (χ3n) is 4.67. The monoisotopic (exact) mass is 352 g/mol. The molecule has 126 valence electrons. The van der Waals surface area contributed by atoms with Gasteiger partial charge < -0.3 is 9.32 Å². The van der Waals surface area contributed by atoms with Crippen LogP contribution in [0.2, 0.25) is 5.02 Å². The van der Waals surface area contributed by atoms with Gasteiger partial charge in [0.25, 0.3) is 5.91 Å². The van der Waals surface area contributed by atoms with E-state index in [-0.39, 0.29) is 11.8 Å². The maximum atomic E-state index is 12.7. The summed E-state index contributed by atoms with van der Waals surface area (Å²) in [5.41, 5.74) is 2.98. The molecule has 0 saturated heterocycles. The first-order chi connectivity index (χ1) is 12.1. The Morgan fingerprint density at radius 2 is 1.88 bits per heavy atom. The van der Waals surface area contributed by atoms with Crippen LogP contribution in [0.15, 0.2) is 59.3 Å². The Morgan fingerprint density at radius 3 is 2.60 bits per heavy atom. The summed E-state index contributed by atoms with van der Waals surface area (Å²) < 4.78 is 5.99. The van der Waals surface area contributed by atoms with Gasteiger partial charge in [-0.3, -0.25) is 9.78 Å². The molecule has 1 atom stereocenters. The fourth-order valence-electron chi connectivity index (χ4n) is 3.28. The number of furan rings is 1. The van der Waals surface area contributed by atoms with Crippen molar-refractivity contribution in [3.63, 3.8) is 0 Å². The number of hydrogen-bond donors (Lipinski definition) is 0. The van der Waals surface area contributed by atoms with E-state index < -0.39 is 0 Å². The second-order valence-corrected chi connectivity index (χ2v) is 6.69. The summed E-state index contributed by atoms with van der Waals surface area (Å²) in [6, 6.07) is 13.6. The minimum absolute atomic E-state index is 0.0771. The summed E-state index contributed by atoms with van der Waals surface area (Å²) in [6.45, 7) is 0.681. The lowest BCUT2D eigenvalue weighted by atomic mass is 9.89. The van der Waals surface area contributed by atoms with Crippen molar-refractivity contribution in [3.8, 4) is 11.3 Å². The molecule has 0 fully saturated rings. The van der Waals surface area contributed by atoms with Gasteiger partial charge in [-0.1, -0.05) is 23.7 Å². The van der Waals surface area contributed by atoms with E-state index in [9.17, 15) is 4.79 Å². The Kier molecular flexibility index (Phi) is 4.06. The van der Waals surface area contributed by atoms with Crippen molar-refractivity contribution in [3.05, 3.63) is 76.8 Å². The van der Waals surface area contributed by atoms with Gasteiger partial charge in [0.15, 0.2) is 5.76 Å².